The molecule has 146 valence electrons. The topological polar surface area (TPSA) is 77.8 Å². The first-order chi connectivity index (χ1) is 13.5. The van der Waals surface area contributed by atoms with Gasteiger partial charge in [0.15, 0.2) is 6.10 Å². The van der Waals surface area contributed by atoms with Crippen molar-refractivity contribution in [3.8, 4) is 11.5 Å². The van der Waals surface area contributed by atoms with Gasteiger partial charge in [0.25, 0.3) is 5.91 Å². The zero-order chi connectivity index (χ0) is 20.1. The van der Waals surface area contributed by atoms with Crippen LogP contribution in [0.15, 0.2) is 57.7 Å². The number of carbonyl (C=O) groups is 1. The van der Waals surface area contributed by atoms with Crippen molar-refractivity contribution in [2.24, 2.45) is 0 Å². The van der Waals surface area contributed by atoms with E-state index in [0.29, 0.717) is 23.6 Å². The van der Waals surface area contributed by atoms with Crippen LogP contribution in [0.5, 0.6) is 11.5 Å². The summed E-state index contributed by atoms with van der Waals surface area (Å²) in [6, 6.07) is 14.2. The number of hydrogen-bond acceptors (Lipinski definition) is 5. The standard InChI is InChI=1S/C22H23NO5/c1-4-15-11-21(24)28-20-12-17(9-10-18(15)20)27-14(2)22(25)23-13-16-7-5-6-8-19(16)26-3/h5-12,14H,4,13H2,1-3H3,(H,23,25). The molecule has 1 heterocycles. The van der Waals surface area contributed by atoms with Gasteiger partial charge in [-0.1, -0.05) is 25.1 Å². The number of nitrogens with one attached hydrogen (secondary N) is 1. The summed E-state index contributed by atoms with van der Waals surface area (Å²) in [7, 11) is 1.59. The molecule has 0 spiro atoms. The van der Waals surface area contributed by atoms with Gasteiger partial charge < -0.3 is 19.2 Å². The van der Waals surface area contributed by atoms with Gasteiger partial charge >= 0.3 is 5.63 Å². The molecule has 1 aromatic heterocycles. The van der Waals surface area contributed by atoms with Gasteiger partial charge in [-0.05, 0) is 37.1 Å². The van der Waals surface area contributed by atoms with Crippen molar-refractivity contribution < 1.29 is 18.7 Å². The van der Waals surface area contributed by atoms with Crippen LogP contribution < -0.4 is 20.4 Å². The largest absolute Gasteiger partial charge is 0.496 e. The highest BCUT2D eigenvalue weighted by Gasteiger charge is 2.16. The van der Waals surface area contributed by atoms with Crippen LogP contribution in [0, 0.1) is 0 Å². The summed E-state index contributed by atoms with van der Waals surface area (Å²) in [5.74, 6) is 0.922. The van der Waals surface area contributed by atoms with Gasteiger partial charge in [-0.3, -0.25) is 4.79 Å². The number of carbonyl (C=O) groups excluding carboxylic acids is 1. The van der Waals surface area contributed by atoms with E-state index < -0.39 is 11.7 Å². The molecule has 0 saturated carbocycles. The van der Waals surface area contributed by atoms with E-state index in [4.69, 9.17) is 13.9 Å². The highest BCUT2D eigenvalue weighted by Crippen LogP contribution is 2.24. The van der Waals surface area contributed by atoms with E-state index in [1.165, 1.54) is 6.07 Å². The number of fused-ring (bicyclic) bond motifs is 1. The molecule has 0 saturated heterocycles. The van der Waals surface area contributed by atoms with Crippen molar-refractivity contribution in [2.45, 2.75) is 32.9 Å². The number of benzene rings is 2. The Kier molecular flexibility index (Phi) is 5.99. The fourth-order valence-corrected chi connectivity index (χ4v) is 3.01. The normalized spacial score (nSPS) is 11.8. The van der Waals surface area contributed by atoms with E-state index in [9.17, 15) is 9.59 Å². The molecule has 28 heavy (non-hydrogen) atoms. The number of rotatable bonds is 7. The van der Waals surface area contributed by atoms with Crippen LogP contribution in [0.4, 0.5) is 0 Å². The first-order valence-electron chi connectivity index (χ1n) is 9.15. The molecular formula is C22H23NO5. The van der Waals surface area contributed by atoms with Crippen molar-refractivity contribution in [1.82, 2.24) is 5.32 Å². The van der Waals surface area contributed by atoms with E-state index in [0.717, 1.165) is 22.9 Å². The minimum Gasteiger partial charge on any atom is -0.496 e. The summed E-state index contributed by atoms with van der Waals surface area (Å²) in [5, 5.41) is 3.70. The quantitative estimate of drug-likeness (QED) is 0.634. The van der Waals surface area contributed by atoms with Gasteiger partial charge in [0, 0.05) is 29.6 Å². The lowest BCUT2D eigenvalue weighted by Gasteiger charge is -2.16. The van der Waals surface area contributed by atoms with Crippen LogP contribution in [0.3, 0.4) is 0 Å². The van der Waals surface area contributed by atoms with E-state index in [1.807, 2.05) is 37.3 Å². The van der Waals surface area contributed by atoms with Crippen molar-refractivity contribution in [2.75, 3.05) is 7.11 Å². The van der Waals surface area contributed by atoms with E-state index in [1.54, 1.807) is 26.2 Å². The smallest absolute Gasteiger partial charge is 0.336 e. The number of hydrogen-bond donors (Lipinski definition) is 1. The third kappa shape index (κ3) is 4.34. The van der Waals surface area contributed by atoms with Crippen LogP contribution >= 0.6 is 0 Å². The average Bonchev–Trinajstić information content (AvgIpc) is 2.71. The van der Waals surface area contributed by atoms with Crippen molar-refractivity contribution >= 4 is 16.9 Å². The maximum Gasteiger partial charge on any atom is 0.336 e. The Morgan fingerprint density at radius 3 is 2.68 bits per heavy atom. The second-order valence-corrected chi connectivity index (χ2v) is 6.39. The Labute approximate surface area is 163 Å². The van der Waals surface area contributed by atoms with Crippen LogP contribution in [-0.2, 0) is 17.8 Å². The second kappa shape index (κ2) is 8.61. The molecule has 1 N–H and O–H groups in total. The summed E-state index contributed by atoms with van der Waals surface area (Å²) >= 11 is 0. The number of aryl methyl sites for hydroxylation is 1. The molecule has 0 aliphatic carbocycles. The molecule has 0 fully saturated rings. The molecule has 0 radical (unpaired) electrons. The average molecular weight is 381 g/mol. The van der Waals surface area contributed by atoms with E-state index in [-0.39, 0.29) is 5.91 Å². The minimum absolute atomic E-state index is 0.255. The molecule has 0 aliphatic heterocycles. The Hall–Kier alpha value is -3.28. The zero-order valence-corrected chi connectivity index (χ0v) is 16.2. The Morgan fingerprint density at radius 1 is 1.14 bits per heavy atom. The predicted octanol–water partition coefficient (Wildman–Crippen LogP) is 3.45. The van der Waals surface area contributed by atoms with Gasteiger partial charge in [-0.15, -0.1) is 0 Å². The first-order valence-corrected chi connectivity index (χ1v) is 9.15. The lowest BCUT2D eigenvalue weighted by Crippen LogP contribution is -2.36. The Bertz CT molecular complexity index is 1040. The van der Waals surface area contributed by atoms with Crippen LogP contribution in [0.1, 0.15) is 25.0 Å². The highest BCUT2D eigenvalue weighted by molar-refractivity contribution is 5.83. The third-order valence-corrected chi connectivity index (χ3v) is 4.51. The summed E-state index contributed by atoms with van der Waals surface area (Å²) < 4.78 is 16.3. The lowest BCUT2D eigenvalue weighted by atomic mass is 10.1. The molecule has 3 rings (SSSR count). The SMILES string of the molecule is CCc1cc(=O)oc2cc(OC(C)C(=O)NCc3ccccc3OC)ccc12. The fourth-order valence-electron chi connectivity index (χ4n) is 3.01. The molecule has 2 aromatic carbocycles. The van der Waals surface area contributed by atoms with E-state index in [2.05, 4.69) is 5.32 Å². The number of ether oxygens (including phenoxy) is 2. The number of amides is 1. The molecule has 1 amide bonds. The van der Waals surface area contributed by atoms with Crippen molar-refractivity contribution in [3.63, 3.8) is 0 Å². The molecular weight excluding hydrogens is 358 g/mol. The van der Waals surface area contributed by atoms with Gasteiger partial charge in [0.1, 0.15) is 17.1 Å². The monoisotopic (exact) mass is 381 g/mol. The zero-order valence-electron chi connectivity index (χ0n) is 16.2. The van der Waals surface area contributed by atoms with Gasteiger partial charge in [-0.25, -0.2) is 4.79 Å². The molecule has 0 bridgehead atoms. The molecule has 0 aliphatic rings. The summed E-state index contributed by atoms with van der Waals surface area (Å²) in [6.45, 7) is 3.98. The summed E-state index contributed by atoms with van der Waals surface area (Å²) in [6.07, 6.45) is 0.0117. The molecule has 1 unspecified atom stereocenters. The Balaban J connectivity index is 1.69. The van der Waals surface area contributed by atoms with E-state index >= 15 is 0 Å². The van der Waals surface area contributed by atoms with Crippen LogP contribution in [0.25, 0.3) is 11.0 Å². The first kappa shape index (κ1) is 19.5. The second-order valence-electron chi connectivity index (χ2n) is 6.39. The van der Waals surface area contributed by atoms with Crippen molar-refractivity contribution in [1.29, 1.82) is 0 Å². The molecule has 1 atom stereocenters. The fraction of sp³-hybridized carbons (Fsp3) is 0.273. The Morgan fingerprint density at radius 2 is 1.93 bits per heavy atom. The van der Waals surface area contributed by atoms with Crippen LogP contribution in [-0.4, -0.2) is 19.1 Å². The predicted molar refractivity (Wildman–Crippen MR) is 107 cm³/mol. The summed E-state index contributed by atoms with van der Waals surface area (Å²) in [4.78, 5) is 24.1. The van der Waals surface area contributed by atoms with Crippen molar-refractivity contribution in [3.05, 3.63) is 70.1 Å². The van der Waals surface area contributed by atoms with Gasteiger partial charge in [-0.2, -0.15) is 0 Å². The number of methoxy groups -OCH3 is 1. The third-order valence-electron chi connectivity index (χ3n) is 4.51. The maximum absolute atomic E-state index is 12.4. The lowest BCUT2D eigenvalue weighted by molar-refractivity contribution is -0.127. The van der Waals surface area contributed by atoms with Crippen LogP contribution in [0.2, 0.25) is 0 Å². The molecule has 3 aromatic rings. The minimum atomic E-state index is -0.715. The van der Waals surface area contributed by atoms with Gasteiger partial charge in [0.2, 0.25) is 0 Å². The number of para-hydroxylation sites is 1. The highest BCUT2D eigenvalue weighted by atomic mass is 16.5. The van der Waals surface area contributed by atoms with Gasteiger partial charge in [0.05, 0.1) is 7.11 Å². The molecule has 6 nitrogen and oxygen atoms in total. The molecule has 6 heteroatoms. The summed E-state index contributed by atoms with van der Waals surface area (Å²) in [5.41, 5.74) is 1.85. The maximum atomic E-state index is 12.4.